The van der Waals surface area contributed by atoms with E-state index >= 15 is 0 Å². The molecule has 2 fully saturated rings. The van der Waals surface area contributed by atoms with Crippen LogP contribution >= 0.6 is 0 Å². The van der Waals surface area contributed by atoms with E-state index in [1.165, 1.54) is 0 Å². The second kappa shape index (κ2) is 6.58. The number of ether oxygens (including phenoxy) is 3. The third-order valence-electron chi connectivity index (χ3n) is 4.78. The van der Waals surface area contributed by atoms with Crippen molar-refractivity contribution < 1.29 is 19.0 Å². The molecule has 130 valence electrons. The molecule has 0 aliphatic carbocycles. The Morgan fingerprint density at radius 2 is 2.04 bits per heavy atom. The van der Waals surface area contributed by atoms with E-state index in [2.05, 4.69) is 10.9 Å². The lowest BCUT2D eigenvalue weighted by molar-refractivity contribution is -0.142. The number of hydrazine groups is 1. The normalized spacial score (nSPS) is 29.5. The van der Waals surface area contributed by atoms with Crippen molar-refractivity contribution in [2.24, 2.45) is 5.92 Å². The number of carbonyl (C=O) groups is 1. The van der Waals surface area contributed by atoms with Crippen LogP contribution in [0, 0.1) is 5.92 Å². The molecule has 3 heterocycles. The monoisotopic (exact) mass is 333 g/mol. The lowest BCUT2D eigenvalue weighted by Crippen LogP contribution is -2.48. The lowest BCUT2D eigenvalue weighted by Gasteiger charge is -2.34. The zero-order valence-electron chi connectivity index (χ0n) is 13.8. The van der Waals surface area contributed by atoms with E-state index in [9.17, 15) is 4.79 Å². The molecule has 3 aliphatic heterocycles. The number of benzene rings is 1. The van der Waals surface area contributed by atoms with Gasteiger partial charge in [0.15, 0.2) is 11.5 Å². The molecule has 1 aromatic rings. The van der Waals surface area contributed by atoms with Gasteiger partial charge in [-0.25, -0.2) is 5.43 Å². The van der Waals surface area contributed by atoms with Crippen LogP contribution in [0.3, 0.4) is 0 Å². The van der Waals surface area contributed by atoms with Crippen LogP contribution in [0.2, 0.25) is 0 Å². The number of hydrogen-bond acceptors (Lipinski definition) is 6. The molecule has 3 aliphatic rings. The smallest absolute Gasteiger partial charge is 0.229 e. The Hall–Kier alpha value is -1.83. The summed E-state index contributed by atoms with van der Waals surface area (Å²) in [6, 6.07) is 5.82. The Bertz CT molecular complexity index is 624. The second-order valence-corrected chi connectivity index (χ2v) is 6.48. The molecule has 4 rings (SSSR count). The van der Waals surface area contributed by atoms with Crippen LogP contribution in [0.1, 0.15) is 18.5 Å². The van der Waals surface area contributed by atoms with Crippen LogP contribution in [0.5, 0.6) is 11.5 Å². The topological polar surface area (TPSA) is 72.1 Å². The second-order valence-electron chi connectivity index (χ2n) is 6.48. The number of nitrogens with one attached hydrogen (secondary N) is 2. The molecule has 3 unspecified atom stereocenters. The predicted molar refractivity (Wildman–Crippen MR) is 86.8 cm³/mol. The van der Waals surface area contributed by atoms with Gasteiger partial charge in [0, 0.05) is 19.6 Å². The highest BCUT2D eigenvalue weighted by Gasteiger charge is 2.38. The summed E-state index contributed by atoms with van der Waals surface area (Å²) in [4.78, 5) is 14.9. The Labute approximate surface area is 141 Å². The fourth-order valence-corrected chi connectivity index (χ4v) is 3.55. The van der Waals surface area contributed by atoms with Crippen LogP contribution in [-0.4, -0.2) is 56.4 Å². The van der Waals surface area contributed by atoms with Crippen LogP contribution in [-0.2, 0) is 9.53 Å². The quantitative estimate of drug-likeness (QED) is 0.820. The van der Waals surface area contributed by atoms with Gasteiger partial charge in [-0.05, 0) is 24.6 Å². The van der Waals surface area contributed by atoms with Crippen molar-refractivity contribution in [3.8, 4) is 11.5 Å². The first kappa shape index (κ1) is 15.7. The maximum absolute atomic E-state index is 13.0. The van der Waals surface area contributed by atoms with E-state index in [0.29, 0.717) is 39.5 Å². The molecule has 7 heteroatoms. The fourth-order valence-electron chi connectivity index (χ4n) is 3.55. The van der Waals surface area contributed by atoms with Gasteiger partial charge >= 0.3 is 0 Å². The lowest BCUT2D eigenvalue weighted by atomic mass is 9.93. The molecule has 0 aromatic heterocycles. The molecule has 0 spiro atoms. The Morgan fingerprint density at radius 3 is 2.88 bits per heavy atom. The van der Waals surface area contributed by atoms with E-state index in [-0.39, 0.29) is 24.0 Å². The molecule has 0 bridgehead atoms. The molecule has 7 nitrogen and oxygen atoms in total. The molecule has 3 atom stereocenters. The number of hydrogen-bond donors (Lipinski definition) is 2. The summed E-state index contributed by atoms with van der Waals surface area (Å²) in [7, 11) is 0. The summed E-state index contributed by atoms with van der Waals surface area (Å²) in [5.74, 6) is 1.54. The van der Waals surface area contributed by atoms with Crippen molar-refractivity contribution >= 4 is 5.91 Å². The van der Waals surface area contributed by atoms with Crippen molar-refractivity contribution in [3.05, 3.63) is 23.8 Å². The minimum atomic E-state index is -0.141. The van der Waals surface area contributed by atoms with Crippen LogP contribution in [0.25, 0.3) is 0 Å². The first-order valence-corrected chi connectivity index (χ1v) is 8.50. The summed E-state index contributed by atoms with van der Waals surface area (Å²) in [5, 5.41) is 0. The summed E-state index contributed by atoms with van der Waals surface area (Å²) in [5.41, 5.74) is 7.40. The summed E-state index contributed by atoms with van der Waals surface area (Å²) < 4.78 is 16.8. The highest BCUT2D eigenvalue weighted by atomic mass is 16.6. The van der Waals surface area contributed by atoms with Gasteiger partial charge < -0.3 is 19.1 Å². The summed E-state index contributed by atoms with van der Waals surface area (Å²) >= 11 is 0. The van der Waals surface area contributed by atoms with Crippen molar-refractivity contribution in [2.45, 2.75) is 19.1 Å². The third-order valence-corrected chi connectivity index (χ3v) is 4.78. The van der Waals surface area contributed by atoms with Crippen LogP contribution in [0.15, 0.2) is 18.2 Å². The van der Waals surface area contributed by atoms with Crippen molar-refractivity contribution in [3.63, 3.8) is 0 Å². The van der Waals surface area contributed by atoms with Crippen LogP contribution < -0.4 is 20.3 Å². The van der Waals surface area contributed by atoms with Crippen molar-refractivity contribution in [1.82, 2.24) is 15.8 Å². The molecule has 24 heavy (non-hydrogen) atoms. The molecule has 2 N–H and O–H groups in total. The fraction of sp³-hybridized carbons (Fsp3) is 0.588. The molecule has 0 radical (unpaired) electrons. The van der Waals surface area contributed by atoms with Crippen LogP contribution in [0.4, 0.5) is 0 Å². The van der Waals surface area contributed by atoms with Gasteiger partial charge in [-0.2, -0.15) is 0 Å². The number of morpholine rings is 1. The molecule has 0 saturated carbocycles. The van der Waals surface area contributed by atoms with Gasteiger partial charge in [0.1, 0.15) is 13.2 Å². The maximum Gasteiger partial charge on any atom is 0.229 e. The Morgan fingerprint density at radius 1 is 1.21 bits per heavy atom. The van der Waals surface area contributed by atoms with Gasteiger partial charge in [-0.1, -0.05) is 6.07 Å². The molecular formula is C17H23N3O4. The average Bonchev–Trinajstić information content (AvgIpc) is 3.10. The summed E-state index contributed by atoms with van der Waals surface area (Å²) in [6.45, 7) is 5.67. The third kappa shape index (κ3) is 2.94. The maximum atomic E-state index is 13.0. The summed E-state index contributed by atoms with van der Waals surface area (Å²) in [6.07, 6.45) is 0.0952. The zero-order valence-corrected chi connectivity index (χ0v) is 13.8. The largest absolute Gasteiger partial charge is 0.486 e. The van der Waals surface area contributed by atoms with Gasteiger partial charge in [-0.3, -0.25) is 10.2 Å². The number of carbonyl (C=O) groups excluding carboxylic acids is 1. The minimum absolute atomic E-state index is 0.0773. The van der Waals surface area contributed by atoms with E-state index < -0.39 is 0 Å². The minimum Gasteiger partial charge on any atom is -0.486 e. The van der Waals surface area contributed by atoms with E-state index in [1.807, 2.05) is 30.0 Å². The van der Waals surface area contributed by atoms with Crippen molar-refractivity contribution in [1.29, 1.82) is 0 Å². The number of rotatable bonds is 2. The average molecular weight is 333 g/mol. The zero-order chi connectivity index (χ0) is 16.5. The predicted octanol–water partition coefficient (Wildman–Crippen LogP) is 0.470. The molecular weight excluding hydrogens is 310 g/mol. The van der Waals surface area contributed by atoms with Gasteiger partial charge in [0.25, 0.3) is 0 Å². The molecule has 1 aromatic carbocycles. The number of amides is 1. The molecule has 1 amide bonds. The number of nitrogens with zero attached hydrogens (tertiary/aromatic N) is 1. The van der Waals surface area contributed by atoms with E-state index in [4.69, 9.17) is 14.2 Å². The molecule has 2 saturated heterocycles. The number of fused-ring (bicyclic) bond motifs is 1. The van der Waals surface area contributed by atoms with E-state index in [1.54, 1.807) is 0 Å². The first-order chi connectivity index (χ1) is 11.7. The first-order valence-electron chi connectivity index (χ1n) is 8.50. The van der Waals surface area contributed by atoms with E-state index in [0.717, 1.165) is 17.1 Å². The Balaban J connectivity index is 1.53. The standard InChI is InChI=1S/C17H23N3O4/c1-11-10-20(4-5-22-11)17(21)13-9-18-19-16(13)12-2-3-14-15(8-12)24-7-6-23-14/h2-3,8,11,13,16,18-19H,4-7,9-10H2,1H3. The van der Waals surface area contributed by atoms with Gasteiger partial charge in [0.2, 0.25) is 5.91 Å². The SMILES string of the molecule is CC1CN(C(=O)C2CNNC2c2ccc3c(c2)OCCO3)CCO1. The Kier molecular flexibility index (Phi) is 4.30. The van der Waals surface area contributed by atoms with Gasteiger partial charge in [0.05, 0.1) is 24.7 Å². The van der Waals surface area contributed by atoms with Crippen molar-refractivity contribution in [2.75, 3.05) is 39.5 Å². The highest BCUT2D eigenvalue weighted by Crippen LogP contribution is 2.35. The highest BCUT2D eigenvalue weighted by molar-refractivity contribution is 5.80. The van der Waals surface area contributed by atoms with Gasteiger partial charge in [-0.15, -0.1) is 0 Å².